The van der Waals surface area contributed by atoms with Gasteiger partial charge < -0.3 is 4.98 Å². The molecule has 7 heteroatoms. The highest BCUT2D eigenvalue weighted by molar-refractivity contribution is 6.31. The highest BCUT2D eigenvalue weighted by atomic mass is 35.5. The molecule has 1 aliphatic rings. The van der Waals surface area contributed by atoms with E-state index in [-0.39, 0.29) is 0 Å². The second-order valence-corrected chi connectivity index (χ2v) is 6.91. The van der Waals surface area contributed by atoms with E-state index in [0.717, 1.165) is 37.4 Å². The number of halogens is 1. The molecular formula is C19H17ClN6. The molecule has 130 valence electrons. The van der Waals surface area contributed by atoms with Gasteiger partial charge in [-0.25, -0.2) is 9.67 Å². The van der Waals surface area contributed by atoms with E-state index >= 15 is 0 Å². The zero-order valence-corrected chi connectivity index (χ0v) is 14.8. The summed E-state index contributed by atoms with van der Waals surface area (Å²) < 4.78 is 1.68. The van der Waals surface area contributed by atoms with Crippen LogP contribution in [0.1, 0.15) is 17.0 Å². The molecule has 0 radical (unpaired) electrons. The maximum absolute atomic E-state index is 6.14. The molecular weight excluding hydrogens is 348 g/mol. The molecule has 6 nitrogen and oxygen atoms in total. The van der Waals surface area contributed by atoms with Crippen molar-refractivity contribution in [1.82, 2.24) is 29.9 Å². The van der Waals surface area contributed by atoms with Gasteiger partial charge in [0, 0.05) is 42.4 Å². The van der Waals surface area contributed by atoms with E-state index in [2.05, 4.69) is 49.4 Å². The van der Waals surface area contributed by atoms with Crippen molar-refractivity contribution in [3.63, 3.8) is 0 Å². The van der Waals surface area contributed by atoms with Gasteiger partial charge in [-0.3, -0.25) is 4.90 Å². The highest BCUT2D eigenvalue weighted by Gasteiger charge is 2.21. The van der Waals surface area contributed by atoms with E-state index in [1.807, 2.05) is 18.3 Å². The van der Waals surface area contributed by atoms with Gasteiger partial charge in [-0.1, -0.05) is 35.0 Å². The maximum Gasteiger partial charge on any atom is 0.154 e. The van der Waals surface area contributed by atoms with E-state index in [1.54, 1.807) is 10.9 Å². The molecule has 0 saturated carbocycles. The summed E-state index contributed by atoms with van der Waals surface area (Å²) in [5, 5.41) is 10.3. The minimum Gasteiger partial charge on any atom is -0.357 e. The van der Waals surface area contributed by atoms with Gasteiger partial charge in [0.15, 0.2) is 5.15 Å². The molecule has 26 heavy (non-hydrogen) atoms. The Balaban J connectivity index is 1.36. The number of hydrogen-bond acceptors (Lipinski definition) is 4. The van der Waals surface area contributed by atoms with E-state index in [1.165, 1.54) is 22.2 Å². The van der Waals surface area contributed by atoms with Crippen LogP contribution in [0.3, 0.4) is 0 Å². The largest absolute Gasteiger partial charge is 0.357 e. The number of para-hydroxylation sites is 1. The predicted octanol–water partition coefficient (Wildman–Crippen LogP) is 3.36. The predicted molar refractivity (Wildman–Crippen MR) is 100 cm³/mol. The van der Waals surface area contributed by atoms with Crippen LogP contribution in [0.4, 0.5) is 0 Å². The third kappa shape index (κ3) is 2.67. The van der Waals surface area contributed by atoms with Crippen LogP contribution in [-0.4, -0.2) is 36.4 Å². The Labute approximate surface area is 155 Å². The number of nitrogens with zero attached hydrogens (tertiary/aromatic N) is 5. The summed E-state index contributed by atoms with van der Waals surface area (Å²) in [5.41, 5.74) is 5.63. The molecule has 3 aromatic heterocycles. The van der Waals surface area contributed by atoms with Crippen LogP contribution >= 0.6 is 11.6 Å². The summed E-state index contributed by atoms with van der Waals surface area (Å²) in [4.78, 5) is 10.0. The average molecular weight is 365 g/mol. The monoisotopic (exact) mass is 364 g/mol. The number of aromatic amines is 1. The lowest BCUT2D eigenvalue weighted by Crippen LogP contribution is -2.30. The molecule has 1 aromatic carbocycles. The van der Waals surface area contributed by atoms with Crippen LogP contribution in [0.25, 0.3) is 16.6 Å². The molecule has 0 amide bonds. The van der Waals surface area contributed by atoms with Gasteiger partial charge >= 0.3 is 0 Å². The van der Waals surface area contributed by atoms with Crippen molar-refractivity contribution in [3.05, 3.63) is 70.9 Å². The first kappa shape index (κ1) is 15.5. The second-order valence-electron chi connectivity index (χ2n) is 6.56. The maximum atomic E-state index is 6.14. The number of H-pyrrole nitrogens is 1. The number of aromatic nitrogens is 5. The van der Waals surface area contributed by atoms with Crippen LogP contribution in [-0.2, 0) is 19.5 Å². The van der Waals surface area contributed by atoms with Gasteiger partial charge in [0.2, 0.25) is 0 Å². The smallest absolute Gasteiger partial charge is 0.154 e. The van der Waals surface area contributed by atoms with Gasteiger partial charge in [-0.05, 0) is 30.2 Å². The Morgan fingerprint density at radius 2 is 2.08 bits per heavy atom. The fourth-order valence-corrected chi connectivity index (χ4v) is 3.86. The molecule has 0 spiro atoms. The molecule has 0 fully saturated rings. The molecule has 4 heterocycles. The fraction of sp³-hybridized carbons (Fsp3) is 0.211. The van der Waals surface area contributed by atoms with Crippen LogP contribution < -0.4 is 0 Å². The Hall–Kier alpha value is -2.70. The molecule has 5 rings (SSSR count). The topological polar surface area (TPSA) is 62.6 Å². The number of rotatable bonds is 3. The lowest BCUT2D eigenvalue weighted by atomic mass is 10.0. The number of pyridine rings is 1. The van der Waals surface area contributed by atoms with Crippen molar-refractivity contribution in [3.8, 4) is 5.69 Å². The van der Waals surface area contributed by atoms with Crippen molar-refractivity contribution >= 4 is 22.5 Å². The summed E-state index contributed by atoms with van der Waals surface area (Å²) >= 11 is 6.14. The lowest BCUT2D eigenvalue weighted by molar-refractivity contribution is 0.240. The van der Waals surface area contributed by atoms with Crippen LogP contribution in [0.5, 0.6) is 0 Å². The van der Waals surface area contributed by atoms with Crippen molar-refractivity contribution in [2.24, 2.45) is 0 Å². The molecule has 0 unspecified atom stereocenters. The lowest BCUT2D eigenvalue weighted by Gasteiger charge is -2.25. The second kappa shape index (κ2) is 6.23. The summed E-state index contributed by atoms with van der Waals surface area (Å²) in [6.45, 7) is 2.66. The summed E-state index contributed by atoms with van der Waals surface area (Å²) in [7, 11) is 0. The average Bonchev–Trinajstić information content (AvgIpc) is 3.26. The number of hydrogen-bond donors (Lipinski definition) is 1. The van der Waals surface area contributed by atoms with Crippen LogP contribution in [0.2, 0.25) is 5.15 Å². The number of fused-ring (bicyclic) bond motifs is 3. The van der Waals surface area contributed by atoms with Gasteiger partial charge in [0.05, 0.1) is 11.9 Å². The van der Waals surface area contributed by atoms with Gasteiger partial charge in [0.25, 0.3) is 0 Å². The van der Waals surface area contributed by atoms with Crippen molar-refractivity contribution in [1.29, 1.82) is 0 Å². The van der Waals surface area contributed by atoms with Crippen molar-refractivity contribution in [2.75, 3.05) is 6.54 Å². The first-order chi connectivity index (χ1) is 12.8. The zero-order chi connectivity index (χ0) is 17.5. The van der Waals surface area contributed by atoms with E-state index in [4.69, 9.17) is 11.6 Å². The summed E-state index contributed by atoms with van der Waals surface area (Å²) in [6.07, 6.45) is 4.63. The fourth-order valence-electron chi connectivity index (χ4n) is 3.65. The molecule has 1 aliphatic heterocycles. The van der Waals surface area contributed by atoms with Crippen molar-refractivity contribution < 1.29 is 0 Å². The van der Waals surface area contributed by atoms with Gasteiger partial charge in [-0.15, -0.1) is 5.10 Å². The molecule has 0 atom stereocenters. The standard InChI is InChI=1S/C19H17ClN6/c20-19-18(6-3-8-21-19)26-11-13(23-24-26)10-25-9-7-15-14-4-1-2-5-16(14)22-17(15)12-25/h1-6,8,11,22H,7,9-10,12H2. The minimum absolute atomic E-state index is 0.421. The normalized spacial score (nSPS) is 14.7. The Kier molecular flexibility index (Phi) is 3.72. The zero-order valence-electron chi connectivity index (χ0n) is 14.1. The minimum atomic E-state index is 0.421. The van der Waals surface area contributed by atoms with Gasteiger partial charge in [-0.2, -0.15) is 0 Å². The SMILES string of the molecule is Clc1ncccc1-n1cc(CN2CCc3c([nH]c4ccccc34)C2)nn1. The van der Waals surface area contributed by atoms with E-state index in [0.29, 0.717) is 5.15 Å². The molecule has 1 N–H and O–H groups in total. The highest BCUT2D eigenvalue weighted by Crippen LogP contribution is 2.28. The van der Waals surface area contributed by atoms with Crippen molar-refractivity contribution in [2.45, 2.75) is 19.5 Å². The number of nitrogens with one attached hydrogen (secondary N) is 1. The molecule has 0 aliphatic carbocycles. The summed E-state index contributed by atoms with van der Waals surface area (Å²) in [5.74, 6) is 0. The third-order valence-electron chi connectivity index (χ3n) is 4.87. The first-order valence-corrected chi connectivity index (χ1v) is 8.98. The molecule has 0 bridgehead atoms. The Bertz CT molecular complexity index is 1080. The van der Waals surface area contributed by atoms with E-state index in [9.17, 15) is 0 Å². The van der Waals surface area contributed by atoms with E-state index < -0.39 is 0 Å². The first-order valence-electron chi connectivity index (χ1n) is 8.61. The van der Waals surface area contributed by atoms with Crippen LogP contribution in [0.15, 0.2) is 48.8 Å². The third-order valence-corrected chi connectivity index (χ3v) is 5.17. The number of benzene rings is 1. The molecule has 0 saturated heterocycles. The van der Waals surface area contributed by atoms with Crippen LogP contribution in [0, 0.1) is 0 Å². The quantitative estimate of drug-likeness (QED) is 0.566. The summed E-state index contributed by atoms with van der Waals surface area (Å²) in [6, 6.07) is 12.2. The Morgan fingerprint density at radius 3 is 3.00 bits per heavy atom. The molecule has 4 aromatic rings. The van der Waals surface area contributed by atoms with Gasteiger partial charge in [0.1, 0.15) is 5.69 Å². The Morgan fingerprint density at radius 1 is 1.15 bits per heavy atom.